The summed E-state index contributed by atoms with van der Waals surface area (Å²) >= 11 is 0. The van der Waals surface area contributed by atoms with Crippen LogP contribution in [0.1, 0.15) is 35.7 Å². The highest BCUT2D eigenvalue weighted by molar-refractivity contribution is 5.86. The van der Waals surface area contributed by atoms with Crippen LogP contribution >= 0.6 is 0 Å². The summed E-state index contributed by atoms with van der Waals surface area (Å²) in [6.07, 6.45) is 3.93. The normalized spacial score (nSPS) is 10.6. The molecule has 0 aliphatic heterocycles. The van der Waals surface area contributed by atoms with Crippen molar-refractivity contribution < 1.29 is 4.79 Å². The summed E-state index contributed by atoms with van der Waals surface area (Å²) < 4.78 is 0. The lowest BCUT2D eigenvalue weighted by molar-refractivity contribution is 0.112. The van der Waals surface area contributed by atoms with Crippen molar-refractivity contribution >= 4 is 17.2 Å². The quantitative estimate of drug-likeness (QED) is 0.819. The van der Waals surface area contributed by atoms with Gasteiger partial charge in [0.15, 0.2) is 6.29 Å². The molecule has 2 aromatic rings. The topological polar surface area (TPSA) is 49.9 Å². The maximum absolute atomic E-state index is 11.4. The van der Waals surface area contributed by atoms with E-state index in [-0.39, 0.29) is 11.1 Å². The molecule has 2 rings (SSSR count). The van der Waals surface area contributed by atoms with E-state index in [0.717, 1.165) is 30.2 Å². The van der Waals surface area contributed by atoms with Crippen LogP contribution in [-0.4, -0.2) is 11.3 Å². The molecule has 17 heavy (non-hydrogen) atoms. The first kappa shape index (κ1) is 11.6. The Morgan fingerprint density at radius 2 is 2.12 bits per heavy atom. The first-order valence-corrected chi connectivity index (χ1v) is 5.85. The monoisotopic (exact) mass is 229 g/mol. The number of carbonyl (C=O) groups excluding carboxylic acids is 1. The molecule has 0 aliphatic carbocycles. The zero-order chi connectivity index (χ0) is 12.3. The van der Waals surface area contributed by atoms with E-state index < -0.39 is 0 Å². The smallest absolute Gasteiger partial charge is 0.259 e. The van der Waals surface area contributed by atoms with Crippen LogP contribution in [0, 0.1) is 0 Å². The summed E-state index contributed by atoms with van der Waals surface area (Å²) in [6, 6.07) is 7.61. The van der Waals surface area contributed by atoms with E-state index in [4.69, 9.17) is 0 Å². The lowest BCUT2D eigenvalue weighted by Gasteiger charge is -2.03. The number of hydrogen-bond donors (Lipinski definition) is 1. The molecule has 0 aliphatic rings. The maximum Gasteiger partial charge on any atom is 0.259 e. The Hall–Kier alpha value is -1.90. The number of hydrogen-bond acceptors (Lipinski definition) is 2. The fraction of sp³-hybridized carbons (Fsp3) is 0.286. The highest BCUT2D eigenvalue weighted by atomic mass is 16.1. The predicted molar refractivity (Wildman–Crippen MR) is 68.6 cm³/mol. The van der Waals surface area contributed by atoms with Gasteiger partial charge >= 0.3 is 0 Å². The number of pyridine rings is 1. The number of unbranched alkanes of at least 4 members (excludes halogenated alkanes) is 1. The molecule has 1 heterocycles. The number of benzene rings is 1. The Morgan fingerprint density at radius 3 is 2.82 bits per heavy atom. The second-order valence-corrected chi connectivity index (χ2v) is 4.20. The molecule has 88 valence electrons. The predicted octanol–water partition coefficient (Wildman–Crippen LogP) is 2.68. The van der Waals surface area contributed by atoms with Gasteiger partial charge in [-0.2, -0.15) is 0 Å². The molecule has 1 aromatic heterocycles. The van der Waals surface area contributed by atoms with Crippen LogP contribution in [0.3, 0.4) is 0 Å². The number of aromatic amines is 1. The zero-order valence-corrected chi connectivity index (χ0v) is 9.82. The van der Waals surface area contributed by atoms with Gasteiger partial charge in [0, 0.05) is 5.52 Å². The van der Waals surface area contributed by atoms with Gasteiger partial charge in [-0.1, -0.05) is 19.4 Å². The lowest BCUT2D eigenvalue weighted by atomic mass is 10.0. The molecule has 0 spiro atoms. The molecule has 0 unspecified atom stereocenters. The maximum atomic E-state index is 11.4. The van der Waals surface area contributed by atoms with Crippen LogP contribution in [0.15, 0.2) is 29.1 Å². The minimum Gasteiger partial charge on any atom is -0.321 e. The number of rotatable bonds is 4. The van der Waals surface area contributed by atoms with Gasteiger partial charge in [0.1, 0.15) is 0 Å². The molecule has 0 saturated heterocycles. The first-order chi connectivity index (χ1) is 8.24. The third-order valence-electron chi connectivity index (χ3n) is 2.88. The van der Waals surface area contributed by atoms with Gasteiger partial charge in [-0.25, -0.2) is 0 Å². The van der Waals surface area contributed by atoms with Gasteiger partial charge in [0.2, 0.25) is 0 Å². The van der Waals surface area contributed by atoms with Crippen molar-refractivity contribution in [2.45, 2.75) is 26.2 Å². The number of H-pyrrole nitrogens is 1. The largest absolute Gasteiger partial charge is 0.321 e. The second-order valence-electron chi connectivity index (χ2n) is 4.20. The Labute approximate surface area is 99.5 Å². The molecule has 3 heteroatoms. The second kappa shape index (κ2) is 4.95. The summed E-state index contributed by atoms with van der Waals surface area (Å²) in [5, 5.41) is 0.917. The Kier molecular flexibility index (Phi) is 3.38. The molecule has 3 nitrogen and oxygen atoms in total. The van der Waals surface area contributed by atoms with E-state index in [2.05, 4.69) is 11.9 Å². The minimum absolute atomic E-state index is 0.185. The van der Waals surface area contributed by atoms with E-state index >= 15 is 0 Å². The zero-order valence-electron chi connectivity index (χ0n) is 9.82. The van der Waals surface area contributed by atoms with Crippen LogP contribution in [0.5, 0.6) is 0 Å². The van der Waals surface area contributed by atoms with Gasteiger partial charge in [-0.15, -0.1) is 0 Å². The average molecular weight is 229 g/mol. The van der Waals surface area contributed by atoms with Crippen molar-refractivity contribution in [1.82, 2.24) is 4.98 Å². The number of aryl methyl sites for hydroxylation is 1. The molecule has 1 aromatic carbocycles. The van der Waals surface area contributed by atoms with Crippen LogP contribution in [0.2, 0.25) is 0 Å². The number of nitrogens with one attached hydrogen (secondary N) is 1. The van der Waals surface area contributed by atoms with Crippen molar-refractivity contribution in [2.75, 3.05) is 0 Å². The van der Waals surface area contributed by atoms with Crippen LogP contribution in [0.4, 0.5) is 0 Å². The number of aldehydes is 1. The SMILES string of the molecule is CCCCc1ccc2[nH]c(=O)c(C=O)cc2c1. The molecule has 0 radical (unpaired) electrons. The van der Waals surface area contributed by atoms with E-state index in [9.17, 15) is 9.59 Å². The molecule has 0 fully saturated rings. The van der Waals surface area contributed by atoms with Gasteiger partial charge in [0.25, 0.3) is 5.56 Å². The average Bonchev–Trinajstić information content (AvgIpc) is 2.35. The molecular weight excluding hydrogens is 214 g/mol. The summed E-state index contributed by atoms with van der Waals surface area (Å²) in [5.41, 5.74) is 1.88. The Bertz CT molecular complexity index is 599. The fourth-order valence-electron chi connectivity index (χ4n) is 1.90. The molecule has 0 amide bonds. The van der Waals surface area contributed by atoms with Gasteiger partial charge in [0.05, 0.1) is 5.56 Å². The Balaban J connectivity index is 2.49. The first-order valence-electron chi connectivity index (χ1n) is 5.85. The van der Waals surface area contributed by atoms with Crippen molar-refractivity contribution in [2.24, 2.45) is 0 Å². The minimum atomic E-state index is -0.325. The third kappa shape index (κ3) is 2.44. The summed E-state index contributed by atoms with van der Waals surface area (Å²) in [4.78, 5) is 24.8. The fourth-order valence-corrected chi connectivity index (χ4v) is 1.90. The number of fused-ring (bicyclic) bond motifs is 1. The van der Waals surface area contributed by atoms with Gasteiger partial charge in [-0.3, -0.25) is 9.59 Å². The van der Waals surface area contributed by atoms with E-state index in [1.807, 2.05) is 18.2 Å². The van der Waals surface area contributed by atoms with Crippen molar-refractivity contribution in [3.63, 3.8) is 0 Å². The molecule has 0 bridgehead atoms. The number of aromatic nitrogens is 1. The van der Waals surface area contributed by atoms with Crippen molar-refractivity contribution in [3.8, 4) is 0 Å². The van der Waals surface area contributed by atoms with E-state index in [0.29, 0.717) is 6.29 Å². The summed E-state index contributed by atoms with van der Waals surface area (Å²) in [5.74, 6) is 0. The molecule has 0 saturated carbocycles. The molecular formula is C14H15NO2. The summed E-state index contributed by atoms with van der Waals surface area (Å²) in [7, 11) is 0. The summed E-state index contributed by atoms with van der Waals surface area (Å²) in [6.45, 7) is 2.16. The van der Waals surface area contributed by atoms with Gasteiger partial charge in [-0.05, 0) is 42.0 Å². The van der Waals surface area contributed by atoms with E-state index in [1.165, 1.54) is 5.56 Å². The molecule has 1 N–H and O–H groups in total. The third-order valence-corrected chi connectivity index (χ3v) is 2.88. The van der Waals surface area contributed by atoms with Gasteiger partial charge < -0.3 is 4.98 Å². The van der Waals surface area contributed by atoms with Crippen molar-refractivity contribution in [1.29, 1.82) is 0 Å². The van der Waals surface area contributed by atoms with Crippen LogP contribution in [0.25, 0.3) is 10.9 Å². The number of carbonyl (C=O) groups is 1. The highest BCUT2D eigenvalue weighted by Gasteiger charge is 2.02. The van der Waals surface area contributed by atoms with E-state index in [1.54, 1.807) is 6.07 Å². The molecule has 0 atom stereocenters. The highest BCUT2D eigenvalue weighted by Crippen LogP contribution is 2.15. The van der Waals surface area contributed by atoms with Crippen molar-refractivity contribution in [3.05, 3.63) is 45.7 Å². The lowest BCUT2D eigenvalue weighted by Crippen LogP contribution is -2.11. The standard InChI is InChI=1S/C14H15NO2/c1-2-3-4-10-5-6-13-11(7-10)8-12(9-16)14(17)15-13/h5-9H,2-4H2,1H3,(H,15,17). The van der Waals surface area contributed by atoms with Crippen LogP contribution in [-0.2, 0) is 6.42 Å². The Morgan fingerprint density at radius 1 is 1.29 bits per heavy atom. The van der Waals surface area contributed by atoms with Crippen LogP contribution < -0.4 is 5.56 Å².